The van der Waals surface area contributed by atoms with E-state index in [0.29, 0.717) is 19.7 Å². The first-order valence-electron chi connectivity index (χ1n) is 7.04. The summed E-state index contributed by atoms with van der Waals surface area (Å²) in [5, 5.41) is 5.93. The van der Waals surface area contributed by atoms with Crippen LogP contribution in [0.4, 0.5) is 10.1 Å². The summed E-state index contributed by atoms with van der Waals surface area (Å²) in [6, 6.07) is 4.60. The molecule has 118 valence electrons. The number of halogens is 1. The van der Waals surface area contributed by atoms with Crippen LogP contribution >= 0.6 is 0 Å². The Morgan fingerprint density at radius 3 is 2.86 bits per heavy atom. The van der Waals surface area contributed by atoms with Gasteiger partial charge in [0.25, 0.3) is 0 Å². The largest absolute Gasteiger partial charge is 0.383 e. The number of ether oxygens (including phenoxy) is 1. The van der Waals surface area contributed by atoms with Gasteiger partial charge in [-0.25, -0.2) is 4.39 Å². The highest BCUT2D eigenvalue weighted by atomic mass is 19.1. The van der Waals surface area contributed by atoms with Crippen molar-refractivity contribution in [2.75, 3.05) is 45.3 Å². The first-order chi connectivity index (χ1) is 10.1. The molecule has 0 heterocycles. The van der Waals surface area contributed by atoms with Crippen molar-refractivity contribution < 1.29 is 13.9 Å². The molecule has 0 aliphatic carbocycles. The van der Waals surface area contributed by atoms with E-state index in [2.05, 4.69) is 10.6 Å². The number of carbonyl (C=O) groups is 1. The fraction of sp³-hybridized carbons (Fsp3) is 0.533. The van der Waals surface area contributed by atoms with Crippen LogP contribution in [0.3, 0.4) is 0 Å². The van der Waals surface area contributed by atoms with E-state index in [1.54, 1.807) is 13.2 Å². The molecular weight excluding hydrogens is 273 g/mol. The Bertz CT molecular complexity index is 455. The zero-order chi connectivity index (χ0) is 15.7. The van der Waals surface area contributed by atoms with Gasteiger partial charge in [-0.1, -0.05) is 6.92 Å². The van der Waals surface area contributed by atoms with Gasteiger partial charge in [-0.2, -0.15) is 0 Å². The number of nitrogens with zero attached hydrogens (tertiary/aromatic N) is 1. The van der Waals surface area contributed by atoms with Gasteiger partial charge in [0.2, 0.25) is 5.91 Å². The Hall–Kier alpha value is -1.66. The summed E-state index contributed by atoms with van der Waals surface area (Å²) in [7, 11) is 3.41. The molecule has 0 aliphatic heterocycles. The molecule has 5 nitrogen and oxygen atoms in total. The Morgan fingerprint density at radius 2 is 2.19 bits per heavy atom. The number of likely N-dealkylation sites (N-methyl/N-ethyl adjacent to an activating group) is 1. The molecule has 0 aromatic heterocycles. The lowest BCUT2D eigenvalue weighted by atomic mass is 10.1. The number of anilines is 1. The highest BCUT2D eigenvalue weighted by Crippen LogP contribution is 2.20. The third-order valence-corrected chi connectivity index (χ3v) is 3.03. The molecule has 1 aromatic rings. The lowest BCUT2D eigenvalue weighted by Crippen LogP contribution is -2.37. The second kappa shape index (κ2) is 9.31. The van der Waals surface area contributed by atoms with E-state index in [4.69, 9.17) is 4.74 Å². The normalized spacial score (nSPS) is 10.5. The third kappa shape index (κ3) is 6.10. The van der Waals surface area contributed by atoms with Crippen molar-refractivity contribution in [2.24, 2.45) is 0 Å². The topological polar surface area (TPSA) is 53.6 Å². The highest BCUT2D eigenvalue weighted by molar-refractivity contribution is 5.81. The van der Waals surface area contributed by atoms with Crippen LogP contribution in [0, 0.1) is 5.82 Å². The molecule has 0 atom stereocenters. The average molecular weight is 297 g/mol. The third-order valence-electron chi connectivity index (χ3n) is 3.03. The number of hydrogen-bond acceptors (Lipinski definition) is 4. The molecule has 6 heteroatoms. The van der Waals surface area contributed by atoms with E-state index in [9.17, 15) is 9.18 Å². The van der Waals surface area contributed by atoms with Crippen LogP contribution < -0.4 is 15.5 Å². The molecule has 0 unspecified atom stereocenters. The van der Waals surface area contributed by atoms with Gasteiger partial charge >= 0.3 is 0 Å². The summed E-state index contributed by atoms with van der Waals surface area (Å²) in [6.07, 6.45) is 0. The number of hydrogen-bond donors (Lipinski definition) is 2. The zero-order valence-electron chi connectivity index (χ0n) is 12.9. The van der Waals surface area contributed by atoms with Crippen molar-refractivity contribution in [1.82, 2.24) is 10.6 Å². The van der Waals surface area contributed by atoms with Crippen molar-refractivity contribution in [3.8, 4) is 0 Å². The lowest BCUT2D eigenvalue weighted by Gasteiger charge is -2.22. The lowest BCUT2D eigenvalue weighted by molar-refractivity contribution is -0.119. The van der Waals surface area contributed by atoms with Crippen LogP contribution in [0.15, 0.2) is 18.2 Å². The molecule has 1 aromatic carbocycles. The number of amides is 1. The fourth-order valence-electron chi connectivity index (χ4n) is 1.98. The molecule has 0 saturated heterocycles. The molecule has 0 radical (unpaired) electrons. The first-order valence-corrected chi connectivity index (χ1v) is 7.04. The predicted molar refractivity (Wildman–Crippen MR) is 81.9 cm³/mol. The number of rotatable bonds is 9. The fourth-order valence-corrected chi connectivity index (χ4v) is 1.98. The summed E-state index contributed by atoms with van der Waals surface area (Å²) >= 11 is 0. The second-order valence-corrected chi connectivity index (χ2v) is 4.75. The predicted octanol–water partition coefficient (Wildman–Crippen LogP) is 1.13. The average Bonchev–Trinajstić information content (AvgIpc) is 2.45. The number of carbonyl (C=O) groups excluding carboxylic acids is 1. The minimum absolute atomic E-state index is 0.0896. The van der Waals surface area contributed by atoms with Crippen molar-refractivity contribution in [3.05, 3.63) is 29.6 Å². The highest BCUT2D eigenvalue weighted by Gasteiger charge is 2.11. The Balaban J connectivity index is 2.67. The smallest absolute Gasteiger partial charge is 0.239 e. The maximum Gasteiger partial charge on any atom is 0.239 e. The summed E-state index contributed by atoms with van der Waals surface area (Å²) in [6.45, 7) is 4.55. The van der Waals surface area contributed by atoms with E-state index in [0.717, 1.165) is 17.8 Å². The standard InChI is InChI=1S/C15H24FN3O2/c1-4-17-10-12-9-13(16)5-6-14(12)19(2)11-15(20)18-7-8-21-3/h5-6,9,17H,4,7-8,10-11H2,1-3H3,(H,18,20). The van der Waals surface area contributed by atoms with E-state index in [1.165, 1.54) is 12.1 Å². The van der Waals surface area contributed by atoms with E-state index >= 15 is 0 Å². The monoisotopic (exact) mass is 297 g/mol. The molecule has 0 spiro atoms. The van der Waals surface area contributed by atoms with Crippen LogP contribution in [0.1, 0.15) is 12.5 Å². The van der Waals surface area contributed by atoms with Gasteiger partial charge in [-0.05, 0) is 30.3 Å². The maximum absolute atomic E-state index is 13.4. The van der Waals surface area contributed by atoms with Gasteiger partial charge in [0.15, 0.2) is 0 Å². The minimum Gasteiger partial charge on any atom is -0.383 e. The molecule has 0 aliphatic rings. The van der Waals surface area contributed by atoms with Crippen LogP contribution in [0.2, 0.25) is 0 Å². The number of nitrogens with one attached hydrogen (secondary N) is 2. The van der Waals surface area contributed by atoms with Crippen molar-refractivity contribution in [3.63, 3.8) is 0 Å². The molecule has 0 saturated carbocycles. The van der Waals surface area contributed by atoms with Gasteiger partial charge in [-0.15, -0.1) is 0 Å². The van der Waals surface area contributed by atoms with Gasteiger partial charge in [0.1, 0.15) is 5.82 Å². The van der Waals surface area contributed by atoms with Gasteiger partial charge in [0.05, 0.1) is 13.2 Å². The molecule has 2 N–H and O–H groups in total. The SMILES string of the molecule is CCNCc1cc(F)ccc1N(C)CC(=O)NCCOC. The second-order valence-electron chi connectivity index (χ2n) is 4.75. The van der Waals surface area contributed by atoms with E-state index < -0.39 is 0 Å². The van der Waals surface area contributed by atoms with Crippen LogP contribution in [0.25, 0.3) is 0 Å². The van der Waals surface area contributed by atoms with Gasteiger partial charge < -0.3 is 20.3 Å². The molecule has 0 bridgehead atoms. The maximum atomic E-state index is 13.4. The molecule has 1 amide bonds. The number of benzene rings is 1. The zero-order valence-corrected chi connectivity index (χ0v) is 12.9. The minimum atomic E-state index is -0.274. The van der Waals surface area contributed by atoms with Gasteiger partial charge in [-0.3, -0.25) is 4.79 Å². The van der Waals surface area contributed by atoms with Crippen molar-refractivity contribution in [1.29, 1.82) is 0 Å². The Kier molecular flexibility index (Phi) is 7.71. The summed E-state index contributed by atoms with van der Waals surface area (Å²) in [5.41, 5.74) is 1.68. The number of methoxy groups -OCH3 is 1. The molecule has 0 fully saturated rings. The quantitative estimate of drug-likeness (QED) is 0.671. The van der Waals surface area contributed by atoms with Crippen LogP contribution in [-0.4, -0.2) is 46.3 Å². The van der Waals surface area contributed by atoms with Gasteiger partial charge in [0, 0.05) is 32.9 Å². The van der Waals surface area contributed by atoms with Crippen LogP contribution in [0.5, 0.6) is 0 Å². The summed E-state index contributed by atoms with van der Waals surface area (Å²) in [4.78, 5) is 13.6. The Morgan fingerprint density at radius 1 is 1.43 bits per heavy atom. The molecule has 21 heavy (non-hydrogen) atoms. The van der Waals surface area contributed by atoms with E-state index in [1.807, 2.05) is 18.9 Å². The molecule has 1 rings (SSSR count). The summed E-state index contributed by atoms with van der Waals surface area (Å²) < 4.78 is 18.2. The molecular formula is C15H24FN3O2. The van der Waals surface area contributed by atoms with Crippen molar-refractivity contribution >= 4 is 11.6 Å². The van der Waals surface area contributed by atoms with E-state index in [-0.39, 0.29) is 18.3 Å². The Labute approximate surface area is 125 Å². The van der Waals surface area contributed by atoms with Crippen molar-refractivity contribution in [2.45, 2.75) is 13.5 Å². The summed E-state index contributed by atoms with van der Waals surface area (Å²) in [5.74, 6) is -0.363. The first kappa shape index (κ1) is 17.4. The van der Waals surface area contributed by atoms with Crippen LogP contribution in [-0.2, 0) is 16.1 Å².